The van der Waals surface area contributed by atoms with E-state index in [0.717, 1.165) is 18.3 Å². The Morgan fingerprint density at radius 2 is 2.29 bits per heavy atom. The molecule has 0 fully saturated rings. The summed E-state index contributed by atoms with van der Waals surface area (Å²) < 4.78 is 13.6. The molecule has 0 aliphatic heterocycles. The van der Waals surface area contributed by atoms with Gasteiger partial charge in [-0.1, -0.05) is 13.0 Å². The number of amides is 1. The quantitative estimate of drug-likeness (QED) is 0.794. The van der Waals surface area contributed by atoms with E-state index in [1.807, 2.05) is 19.2 Å². The first-order valence-corrected chi connectivity index (χ1v) is 7.38. The van der Waals surface area contributed by atoms with Crippen molar-refractivity contribution in [3.8, 4) is 5.75 Å². The van der Waals surface area contributed by atoms with Crippen LogP contribution in [-0.2, 0) is 0 Å². The van der Waals surface area contributed by atoms with Crippen molar-refractivity contribution in [2.75, 3.05) is 11.9 Å². The maximum atomic E-state index is 13.6. The average molecular weight is 309 g/mol. The second kappa shape index (κ2) is 6.64. The molecule has 0 saturated carbocycles. The molecule has 0 saturated heterocycles. The summed E-state index contributed by atoms with van der Waals surface area (Å²) in [5, 5.41) is 17.5. The van der Waals surface area contributed by atoms with Gasteiger partial charge in [-0.2, -0.15) is 0 Å². The van der Waals surface area contributed by atoms with Gasteiger partial charge in [-0.05, 0) is 25.6 Å². The van der Waals surface area contributed by atoms with E-state index < -0.39 is 17.5 Å². The van der Waals surface area contributed by atoms with Crippen LogP contribution in [0.5, 0.6) is 5.75 Å². The first-order chi connectivity index (χ1) is 10.0. The van der Waals surface area contributed by atoms with Crippen LogP contribution in [-0.4, -0.2) is 22.5 Å². The van der Waals surface area contributed by atoms with Crippen LogP contribution >= 0.6 is 11.3 Å². The summed E-state index contributed by atoms with van der Waals surface area (Å²) in [4.78, 5) is 16.3. The fraction of sp³-hybridized carbons (Fsp3) is 0.286. The van der Waals surface area contributed by atoms with Gasteiger partial charge in [0.15, 0.2) is 5.13 Å². The van der Waals surface area contributed by atoms with Gasteiger partial charge >= 0.3 is 0 Å². The second-order valence-electron chi connectivity index (χ2n) is 4.44. The molecule has 3 N–H and O–H groups in total. The van der Waals surface area contributed by atoms with Crippen LogP contribution < -0.4 is 10.6 Å². The number of hydrogen-bond acceptors (Lipinski definition) is 5. The summed E-state index contributed by atoms with van der Waals surface area (Å²) >= 11 is 1.25. The first kappa shape index (κ1) is 15.4. The molecule has 1 aromatic carbocycles. The summed E-state index contributed by atoms with van der Waals surface area (Å²) in [6, 6.07) is 3.79. The van der Waals surface area contributed by atoms with Crippen LogP contribution in [0, 0.1) is 5.82 Å². The molecule has 0 radical (unpaired) electrons. The fourth-order valence-corrected chi connectivity index (χ4v) is 2.65. The molecule has 21 heavy (non-hydrogen) atoms. The SMILES string of the molecule is CCNC(C)c1csc(NC(=O)c2c(O)cccc2F)n1. The molecule has 1 unspecified atom stereocenters. The molecule has 0 bridgehead atoms. The zero-order valence-electron chi connectivity index (χ0n) is 11.7. The summed E-state index contributed by atoms with van der Waals surface area (Å²) in [7, 11) is 0. The van der Waals surface area contributed by atoms with Gasteiger partial charge in [0, 0.05) is 11.4 Å². The van der Waals surface area contributed by atoms with Gasteiger partial charge in [0.1, 0.15) is 17.1 Å². The lowest BCUT2D eigenvalue weighted by molar-refractivity contribution is 0.102. The van der Waals surface area contributed by atoms with Crippen LogP contribution in [0.15, 0.2) is 23.6 Å². The van der Waals surface area contributed by atoms with Crippen LogP contribution in [0.4, 0.5) is 9.52 Å². The number of carbonyl (C=O) groups excluding carboxylic acids is 1. The van der Waals surface area contributed by atoms with E-state index in [0.29, 0.717) is 5.13 Å². The van der Waals surface area contributed by atoms with Crippen LogP contribution in [0.25, 0.3) is 0 Å². The third-order valence-electron chi connectivity index (χ3n) is 2.92. The summed E-state index contributed by atoms with van der Waals surface area (Å²) in [5.74, 6) is -1.89. The number of nitrogens with one attached hydrogen (secondary N) is 2. The molecular weight excluding hydrogens is 293 g/mol. The Morgan fingerprint density at radius 1 is 1.52 bits per heavy atom. The maximum Gasteiger partial charge on any atom is 0.264 e. The largest absolute Gasteiger partial charge is 0.507 e. The molecule has 112 valence electrons. The number of carbonyl (C=O) groups is 1. The molecule has 0 aliphatic carbocycles. The van der Waals surface area contributed by atoms with Crippen molar-refractivity contribution >= 4 is 22.4 Å². The van der Waals surface area contributed by atoms with E-state index >= 15 is 0 Å². The number of rotatable bonds is 5. The van der Waals surface area contributed by atoms with Gasteiger partial charge < -0.3 is 10.4 Å². The van der Waals surface area contributed by atoms with Crippen molar-refractivity contribution in [3.63, 3.8) is 0 Å². The van der Waals surface area contributed by atoms with Crippen molar-refractivity contribution in [2.45, 2.75) is 19.9 Å². The van der Waals surface area contributed by atoms with Gasteiger partial charge in [-0.25, -0.2) is 9.37 Å². The van der Waals surface area contributed by atoms with Gasteiger partial charge in [0.2, 0.25) is 0 Å². The zero-order valence-corrected chi connectivity index (χ0v) is 12.5. The smallest absolute Gasteiger partial charge is 0.264 e. The highest BCUT2D eigenvalue weighted by atomic mass is 32.1. The molecule has 7 heteroatoms. The minimum absolute atomic E-state index is 0.0683. The van der Waals surface area contributed by atoms with Crippen molar-refractivity contribution in [3.05, 3.63) is 40.7 Å². The summed E-state index contributed by atoms with van der Waals surface area (Å²) in [5.41, 5.74) is 0.420. The molecule has 1 amide bonds. The highest BCUT2D eigenvalue weighted by Crippen LogP contribution is 2.24. The number of aromatic hydroxyl groups is 1. The molecule has 1 atom stereocenters. The Labute approximate surface area is 125 Å². The predicted octanol–water partition coefficient (Wildman–Crippen LogP) is 2.91. The minimum atomic E-state index is -0.773. The molecule has 2 rings (SSSR count). The monoisotopic (exact) mass is 309 g/mol. The first-order valence-electron chi connectivity index (χ1n) is 6.50. The number of phenolic OH excluding ortho intramolecular Hbond substituents is 1. The number of hydrogen-bond donors (Lipinski definition) is 3. The average Bonchev–Trinajstić information content (AvgIpc) is 2.87. The highest BCUT2D eigenvalue weighted by Gasteiger charge is 2.18. The molecule has 5 nitrogen and oxygen atoms in total. The number of phenols is 1. The molecule has 1 heterocycles. The molecular formula is C14H16FN3O2S. The minimum Gasteiger partial charge on any atom is -0.507 e. The summed E-state index contributed by atoms with van der Waals surface area (Å²) in [6.07, 6.45) is 0. The second-order valence-corrected chi connectivity index (χ2v) is 5.30. The molecule has 1 aromatic heterocycles. The van der Waals surface area contributed by atoms with Gasteiger partial charge in [-0.3, -0.25) is 10.1 Å². The van der Waals surface area contributed by atoms with Gasteiger partial charge in [-0.15, -0.1) is 11.3 Å². The lowest BCUT2D eigenvalue weighted by atomic mass is 10.2. The number of thiazole rings is 1. The van der Waals surface area contributed by atoms with Crippen molar-refractivity contribution in [1.29, 1.82) is 0 Å². The van der Waals surface area contributed by atoms with Crippen molar-refractivity contribution < 1.29 is 14.3 Å². The lowest BCUT2D eigenvalue weighted by Crippen LogP contribution is -2.18. The molecule has 0 spiro atoms. The maximum absolute atomic E-state index is 13.6. The zero-order chi connectivity index (χ0) is 15.4. The van der Waals surface area contributed by atoms with E-state index in [1.54, 1.807) is 0 Å². The van der Waals surface area contributed by atoms with E-state index in [9.17, 15) is 14.3 Å². The van der Waals surface area contributed by atoms with Gasteiger partial charge in [0.05, 0.1) is 5.69 Å². The number of aromatic nitrogens is 1. The Kier molecular flexibility index (Phi) is 4.87. The Bertz CT molecular complexity index is 625. The van der Waals surface area contributed by atoms with Crippen molar-refractivity contribution in [2.24, 2.45) is 0 Å². The highest BCUT2D eigenvalue weighted by molar-refractivity contribution is 7.14. The number of benzene rings is 1. The Hall–Kier alpha value is -1.99. The van der Waals surface area contributed by atoms with E-state index in [4.69, 9.17) is 0 Å². The Balaban J connectivity index is 2.13. The molecule has 2 aromatic rings. The molecule has 0 aliphatic rings. The van der Waals surface area contributed by atoms with E-state index in [1.165, 1.54) is 23.5 Å². The standard InChI is InChI=1S/C14H16FN3O2S/c1-3-16-8(2)10-7-21-14(17-10)18-13(20)12-9(15)5-4-6-11(12)19/h4-8,16,19H,3H2,1-2H3,(H,17,18,20). The van der Waals surface area contributed by atoms with Crippen LogP contribution in [0.1, 0.15) is 35.9 Å². The fourth-order valence-electron chi connectivity index (χ4n) is 1.85. The number of anilines is 1. The van der Waals surface area contributed by atoms with E-state index in [-0.39, 0.29) is 11.6 Å². The van der Waals surface area contributed by atoms with Crippen molar-refractivity contribution in [1.82, 2.24) is 10.3 Å². The summed E-state index contributed by atoms with van der Waals surface area (Å²) in [6.45, 7) is 4.77. The third kappa shape index (κ3) is 3.56. The number of nitrogens with zero attached hydrogens (tertiary/aromatic N) is 1. The topological polar surface area (TPSA) is 74.2 Å². The van der Waals surface area contributed by atoms with Crippen LogP contribution in [0.2, 0.25) is 0 Å². The Morgan fingerprint density at radius 3 is 2.95 bits per heavy atom. The normalized spacial score (nSPS) is 12.1. The lowest BCUT2D eigenvalue weighted by Gasteiger charge is -2.08. The van der Waals surface area contributed by atoms with Gasteiger partial charge in [0.25, 0.3) is 5.91 Å². The number of halogens is 1. The van der Waals surface area contributed by atoms with E-state index in [2.05, 4.69) is 15.6 Å². The third-order valence-corrected chi connectivity index (χ3v) is 3.69. The predicted molar refractivity (Wildman–Crippen MR) is 80.2 cm³/mol. The van der Waals surface area contributed by atoms with Crippen LogP contribution in [0.3, 0.4) is 0 Å².